The van der Waals surface area contributed by atoms with Crippen LogP contribution in [0, 0.1) is 17.5 Å². The largest absolute Gasteiger partial charge is 0.368 e. The molecule has 2 heterocycles. The maximum Gasteiger partial charge on any atom is 0.265 e. The van der Waals surface area contributed by atoms with E-state index >= 15 is 4.39 Å². The molecule has 0 saturated carbocycles. The number of aromatic nitrogens is 3. The van der Waals surface area contributed by atoms with Gasteiger partial charge in [-0.25, -0.2) is 36.5 Å². The van der Waals surface area contributed by atoms with E-state index in [9.17, 15) is 17.2 Å². The number of aryl methyl sites for hydroxylation is 1. The third-order valence-corrected chi connectivity index (χ3v) is 7.37. The van der Waals surface area contributed by atoms with Crippen LogP contribution in [-0.4, -0.2) is 29.9 Å². The zero-order chi connectivity index (χ0) is 25.2. The summed E-state index contributed by atoms with van der Waals surface area (Å²) in [5.41, 5.74) is 11.5. The molecular weight excluding hydrogens is 501 g/mol. The minimum atomic E-state index is -4.64. The van der Waals surface area contributed by atoms with Crippen molar-refractivity contribution in [2.75, 3.05) is 17.0 Å². The summed E-state index contributed by atoms with van der Waals surface area (Å²) in [6, 6.07) is 7.56. The molecule has 0 saturated heterocycles. The summed E-state index contributed by atoms with van der Waals surface area (Å²) in [5, 5.41) is 0.671. The molecule has 182 valence electrons. The predicted octanol–water partition coefficient (Wildman–Crippen LogP) is 3.96. The van der Waals surface area contributed by atoms with Gasteiger partial charge in [-0.05, 0) is 49.4 Å². The lowest BCUT2D eigenvalue weighted by molar-refractivity contribution is 0.555. The van der Waals surface area contributed by atoms with Gasteiger partial charge in [0.25, 0.3) is 10.0 Å². The number of nitrogens with one attached hydrogen (secondary N) is 1. The predicted molar refractivity (Wildman–Crippen MR) is 127 cm³/mol. The summed E-state index contributed by atoms with van der Waals surface area (Å²) in [6.45, 7) is 0.437. The summed E-state index contributed by atoms with van der Waals surface area (Å²) >= 11 is 1.28. The zero-order valence-corrected chi connectivity index (χ0v) is 19.6. The van der Waals surface area contributed by atoms with Gasteiger partial charge < -0.3 is 11.5 Å². The average molecular weight is 521 g/mol. The maximum absolute atomic E-state index is 15.6. The quantitative estimate of drug-likeness (QED) is 0.320. The Morgan fingerprint density at radius 1 is 1.06 bits per heavy atom. The summed E-state index contributed by atoms with van der Waals surface area (Å²) in [5.74, 6) is -3.07. The lowest BCUT2D eigenvalue weighted by atomic mass is 10.1. The van der Waals surface area contributed by atoms with Crippen LogP contribution >= 0.6 is 11.3 Å². The third-order valence-electron chi connectivity index (χ3n) is 4.85. The summed E-state index contributed by atoms with van der Waals surface area (Å²) in [6.07, 6.45) is 2.65. The van der Waals surface area contributed by atoms with Gasteiger partial charge in [-0.2, -0.15) is 0 Å². The van der Waals surface area contributed by atoms with Crippen LogP contribution < -0.4 is 16.2 Å². The molecule has 4 rings (SSSR count). The molecule has 0 unspecified atom stereocenters. The Kier molecular flexibility index (Phi) is 7.00. The zero-order valence-electron chi connectivity index (χ0n) is 18.0. The Hall–Kier alpha value is -3.55. The van der Waals surface area contributed by atoms with Gasteiger partial charge in [0.05, 0.1) is 27.0 Å². The highest BCUT2D eigenvalue weighted by Gasteiger charge is 2.25. The standard InChI is InChI=1S/C22H19F3N6O2S2/c23-12-6-7-14(24)17(11-12)35(32,33)31-15-4-1-3-13(19(15)25)20-21(16-8-10-28-22(27)29-16)34-18(30-20)5-2-9-26/h1,3-4,6-8,10-11,31H,2,5,9,26H2,(H2,27,28,29). The van der Waals surface area contributed by atoms with Crippen molar-refractivity contribution < 1.29 is 21.6 Å². The highest BCUT2D eigenvalue weighted by molar-refractivity contribution is 7.92. The number of nitrogens with zero attached hydrogens (tertiary/aromatic N) is 3. The molecule has 4 aromatic rings. The van der Waals surface area contributed by atoms with Crippen LogP contribution in [0.1, 0.15) is 11.4 Å². The van der Waals surface area contributed by atoms with Crippen LogP contribution in [0.5, 0.6) is 0 Å². The minimum absolute atomic E-state index is 0.0180. The first-order valence-corrected chi connectivity index (χ1v) is 12.5. The van der Waals surface area contributed by atoms with E-state index in [4.69, 9.17) is 11.5 Å². The van der Waals surface area contributed by atoms with E-state index in [1.54, 1.807) is 6.07 Å². The van der Waals surface area contributed by atoms with Crippen molar-refractivity contribution in [3.05, 3.63) is 71.1 Å². The van der Waals surface area contributed by atoms with Gasteiger partial charge in [-0.1, -0.05) is 6.07 Å². The Balaban J connectivity index is 1.79. The van der Waals surface area contributed by atoms with Crippen LogP contribution in [0.25, 0.3) is 21.8 Å². The first-order valence-electron chi connectivity index (χ1n) is 10.2. The normalized spacial score (nSPS) is 11.5. The molecule has 5 N–H and O–H groups in total. The van der Waals surface area contributed by atoms with Gasteiger partial charge in [0.15, 0.2) is 5.82 Å². The number of halogens is 3. The van der Waals surface area contributed by atoms with E-state index in [1.807, 2.05) is 4.72 Å². The first kappa shape index (κ1) is 24.6. The second kappa shape index (κ2) is 9.98. The van der Waals surface area contributed by atoms with E-state index in [0.717, 1.165) is 12.1 Å². The van der Waals surface area contributed by atoms with Crippen molar-refractivity contribution in [3.8, 4) is 21.8 Å². The van der Waals surface area contributed by atoms with E-state index in [1.165, 1.54) is 29.7 Å². The molecule has 0 amide bonds. The fourth-order valence-electron chi connectivity index (χ4n) is 3.26. The van der Waals surface area contributed by atoms with Crippen molar-refractivity contribution in [2.45, 2.75) is 17.7 Å². The van der Waals surface area contributed by atoms with Gasteiger partial charge in [-0.3, -0.25) is 4.72 Å². The SMILES string of the molecule is NCCCc1nc(-c2cccc(NS(=O)(=O)c3cc(F)ccc3F)c2F)c(-c2ccnc(N)n2)s1. The first-order chi connectivity index (χ1) is 16.7. The molecule has 0 aliphatic carbocycles. The average Bonchev–Trinajstić information content (AvgIpc) is 3.24. The smallest absolute Gasteiger partial charge is 0.265 e. The number of sulfonamides is 1. The number of nitrogen functional groups attached to an aromatic ring is 1. The maximum atomic E-state index is 15.6. The Morgan fingerprint density at radius 2 is 1.86 bits per heavy atom. The fraction of sp³-hybridized carbons (Fsp3) is 0.136. The van der Waals surface area contributed by atoms with Crippen molar-refractivity contribution in [2.24, 2.45) is 5.73 Å². The molecule has 0 bridgehead atoms. The molecule has 0 aliphatic heterocycles. The third kappa shape index (κ3) is 5.26. The minimum Gasteiger partial charge on any atom is -0.368 e. The molecule has 35 heavy (non-hydrogen) atoms. The highest BCUT2D eigenvalue weighted by atomic mass is 32.2. The summed E-state index contributed by atoms with van der Waals surface area (Å²) in [7, 11) is -4.64. The number of anilines is 2. The van der Waals surface area contributed by atoms with E-state index in [-0.39, 0.29) is 17.2 Å². The monoisotopic (exact) mass is 520 g/mol. The molecule has 8 nitrogen and oxygen atoms in total. The second-order valence-electron chi connectivity index (χ2n) is 7.33. The van der Waals surface area contributed by atoms with Crippen LogP contribution in [0.2, 0.25) is 0 Å². The highest BCUT2D eigenvalue weighted by Crippen LogP contribution is 2.39. The van der Waals surface area contributed by atoms with Crippen molar-refractivity contribution in [3.63, 3.8) is 0 Å². The molecule has 0 radical (unpaired) electrons. The Bertz CT molecular complexity index is 1490. The van der Waals surface area contributed by atoms with Crippen LogP contribution in [0.15, 0.2) is 53.6 Å². The number of nitrogens with two attached hydrogens (primary N) is 2. The van der Waals surface area contributed by atoms with Crippen molar-refractivity contribution in [1.29, 1.82) is 0 Å². The summed E-state index contributed by atoms with van der Waals surface area (Å²) < 4.78 is 70.6. The van der Waals surface area contributed by atoms with Crippen molar-refractivity contribution in [1.82, 2.24) is 15.0 Å². The van der Waals surface area contributed by atoms with Crippen LogP contribution in [0.3, 0.4) is 0 Å². The lowest BCUT2D eigenvalue weighted by Crippen LogP contribution is -2.16. The van der Waals surface area contributed by atoms with Gasteiger partial charge in [0, 0.05) is 18.2 Å². The number of hydrogen-bond donors (Lipinski definition) is 3. The Morgan fingerprint density at radius 3 is 2.60 bits per heavy atom. The van der Waals surface area contributed by atoms with E-state index in [0.29, 0.717) is 47.1 Å². The van der Waals surface area contributed by atoms with E-state index in [2.05, 4.69) is 15.0 Å². The lowest BCUT2D eigenvalue weighted by Gasteiger charge is -2.12. The molecule has 13 heteroatoms. The number of rotatable bonds is 8. The van der Waals surface area contributed by atoms with Gasteiger partial charge in [0.1, 0.15) is 16.5 Å². The van der Waals surface area contributed by atoms with Crippen LogP contribution in [-0.2, 0) is 16.4 Å². The molecular formula is C22H19F3N6O2S2. The topological polar surface area (TPSA) is 137 Å². The van der Waals surface area contributed by atoms with Gasteiger partial charge in [0.2, 0.25) is 5.95 Å². The van der Waals surface area contributed by atoms with Crippen LogP contribution in [0.4, 0.5) is 24.8 Å². The molecule has 0 spiro atoms. The number of thiazole rings is 1. The molecule has 2 aromatic heterocycles. The second-order valence-corrected chi connectivity index (χ2v) is 10.1. The Labute approximate surface area is 202 Å². The van der Waals surface area contributed by atoms with Gasteiger partial charge >= 0.3 is 0 Å². The molecule has 0 fully saturated rings. The summed E-state index contributed by atoms with van der Waals surface area (Å²) in [4.78, 5) is 12.2. The van der Waals surface area contributed by atoms with Crippen molar-refractivity contribution >= 4 is 33.0 Å². The van der Waals surface area contributed by atoms with Gasteiger partial charge in [-0.15, -0.1) is 11.3 Å². The number of benzene rings is 2. The molecule has 0 atom stereocenters. The fourth-order valence-corrected chi connectivity index (χ4v) is 5.50. The molecule has 0 aliphatic rings. The number of hydrogen-bond acceptors (Lipinski definition) is 8. The van der Waals surface area contributed by atoms with E-state index < -0.39 is 38.1 Å². The molecule has 2 aromatic carbocycles.